The molecule has 0 unspecified atom stereocenters. The molecule has 0 aromatic heterocycles. The summed E-state index contributed by atoms with van der Waals surface area (Å²) in [5, 5.41) is 0. The van der Waals surface area contributed by atoms with E-state index in [1.165, 1.54) is 18.2 Å². The molecule has 0 saturated heterocycles. The number of halogens is 1. The third-order valence-electron chi connectivity index (χ3n) is 4.14. The van der Waals surface area contributed by atoms with E-state index in [4.69, 9.17) is 9.47 Å². The van der Waals surface area contributed by atoms with Crippen molar-refractivity contribution in [2.24, 2.45) is 0 Å². The van der Waals surface area contributed by atoms with Crippen LogP contribution >= 0.6 is 0 Å². The minimum Gasteiger partial charge on any atom is -0.493 e. The van der Waals surface area contributed by atoms with Crippen LogP contribution in [-0.4, -0.2) is 20.0 Å². The first-order chi connectivity index (χ1) is 13.1. The number of ether oxygens (including phenoxy) is 2. The van der Waals surface area contributed by atoms with E-state index in [2.05, 4.69) is 0 Å². The molecule has 27 heavy (non-hydrogen) atoms. The molecule has 3 rings (SSSR count). The van der Waals surface area contributed by atoms with E-state index in [-0.39, 0.29) is 11.6 Å². The van der Waals surface area contributed by atoms with Crippen LogP contribution in [0.4, 0.5) is 4.39 Å². The van der Waals surface area contributed by atoms with Gasteiger partial charge in [-0.3, -0.25) is 4.79 Å². The molecule has 0 aliphatic carbocycles. The summed E-state index contributed by atoms with van der Waals surface area (Å²) in [6, 6.07) is 18.9. The van der Waals surface area contributed by atoms with Gasteiger partial charge in [0.05, 0.1) is 14.2 Å². The smallest absolute Gasteiger partial charge is 0.185 e. The maximum Gasteiger partial charge on any atom is 0.185 e. The first-order valence-corrected chi connectivity index (χ1v) is 8.41. The lowest BCUT2D eigenvalue weighted by molar-refractivity contribution is 0.104. The fraction of sp³-hybridized carbons (Fsp3) is 0.0870. The van der Waals surface area contributed by atoms with Crippen molar-refractivity contribution in [2.45, 2.75) is 0 Å². The molecule has 0 heterocycles. The summed E-state index contributed by atoms with van der Waals surface area (Å²) >= 11 is 0. The number of hydrogen-bond acceptors (Lipinski definition) is 3. The van der Waals surface area contributed by atoms with Crippen molar-refractivity contribution in [3.63, 3.8) is 0 Å². The van der Waals surface area contributed by atoms with Gasteiger partial charge in [0.25, 0.3) is 0 Å². The monoisotopic (exact) mass is 362 g/mol. The van der Waals surface area contributed by atoms with Crippen LogP contribution < -0.4 is 9.47 Å². The summed E-state index contributed by atoms with van der Waals surface area (Å²) in [6.45, 7) is 0. The highest BCUT2D eigenvalue weighted by molar-refractivity contribution is 6.07. The molecule has 0 spiro atoms. The van der Waals surface area contributed by atoms with E-state index >= 15 is 0 Å². The molecule has 0 aliphatic heterocycles. The van der Waals surface area contributed by atoms with E-state index < -0.39 is 0 Å². The zero-order chi connectivity index (χ0) is 19.2. The molecule has 0 aliphatic rings. The van der Waals surface area contributed by atoms with Gasteiger partial charge >= 0.3 is 0 Å². The standard InChI is InChI=1S/C23H19FO3/c1-26-22-12-10-16(13-23(22)27-2)9-11-21(25)19-7-3-5-17(14-19)18-6-4-8-20(24)15-18/h3-15H,1-2H3/b11-9+. The molecule has 4 heteroatoms. The molecule has 0 radical (unpaired) electrons. The van der Waals surface area contributed by atoms with Crippen LogP contribution in [0.5, 0.6) is 11.5 Å². The van der Waals surface area contributed by atoms with Gasteiger partial charge in [0.1, 0.15) is 5.82 Å². The summed E-state index contributed by atoms with van der Waals surface area (Å²) < 4.78 is 23.9. The van der Waals surface area contributed by atoms with Crippen LogP contribution in [0.15, 0.2) is 72.8 Å². The third kappa shape index (κ3) is 4.42. The fourth-order valence-corrected chi connectivity index (χ4v) is 2.74. The van der Waals surface area contributed by atoms with Crippen LogP contribution in [0.2, 0.25) is 0 Å². The lowest BCUT2D eigenvalue weighted by Crippen LogP contribution is -1.95. The number of ketones is 1. The molecule has 0 N–H and O–H groups in total. The van der Waals surface area contributed by atoms with Gasteiger partial charge in [-0.15, -0.1) is 0 Å². The number of hydrogen-bond donors (Lipinski definition) is 0. The Kier molecular flexibility index (Phi) is 5.67. The number of benzene rings is 3. The predicted octanol–water partition coefficient (Wildman–Crippen LogP) is 5.41. The van der Waals surface area contributed by atoms with Crippen LogP contribution in [0, 0.1) is 5.82 Å². The molecule has 3 aromatic carbocycles. The fourth-order valence-electron chi connectivity index (χ4n) is 2.74. The predicted molar refractivity (Wildman–Crippen MR) is 105 cm³/mol. The van der Waals surface area contributed by atoms with Crippen molar-refractivity contribution in [3.8, 4) is 22.6 Å². The van der Waals surface area contributed by atoms with Crippen LogP contribution in [0.25, 0.3) is 17.2 Å². The third-order valence-corrected chi connectivity index (χ3v) is 4.14. The number of carbonyl (C=O) groups is 1. The highest BCUT2D eigenvalue weighted by Gasteiger charge is 2.06. The minimum absolute atomic E-state index is 0.136. The molecular formula is C23H19FO3. The number of allylic oxidation sites excluding steroid dienone is 1. The maximum absolute atomic E-state index is 13.4. The molecule has 3 aromatic rings. The van der Waals surface area contributed by atoms with Gasteiger partial charge in [0.2, 0.25) is 0 Å². The van der Waals surface area contributed by atoms with E-state index in [9.17, 15) is 9.18 Å². The van der Waals surface area contributed by atoms with Gasteiger partial charge in [-0.1, -0.05) is 42.5 Å². The second kappa shape index (κ2) is 8.32. The quantitative estimate of drug-likeness (QED) is 0.435. The molecule has 0 amide bonds. The van der Waals surface area contributed by atoms with Crippen molar-refractivity contribution in [1.82, 2.24) is 0 Å². The highest BCUT2D eigenvalue weighted by Crippen LogP contribution is 2.28. The zero-order valence-electron chi connectivity index (χ0n) is 15.1. The zero-order valence-corrected chi connectivity index (χ0v) is 15.1. The van der Waals surface area contributed by atoms with Crippen molar-refractivity contribution >= 4 is 11.9 Å². The van der Waals surface area contributed by atoms with E-state index in [1.807, 2.05) is 18.2 Å². The first-order valence-electron chi connectivity index (χ1n) is 8.41. The molecule has 0 bridgehead atoms. The Morgan fingerprint density at radius 2 is 1.56 bits per heavy atom. The Bertz CT molecular complexity index is 992. The lowest BCUT2D eigenvalue weighted by Gasteiger charge is -2.07. The summed E-state index contributed by atoms with van der Waals surface area (Å²) in [7, 11) is 3.14. The van der Waals surface area contributed by atoms with Crippen molar-refractivity contribution in [3.05, 3.63) is 89.8 Å². The van der Waals surface area contributed by atoms with Gasteiger partial charge in [-0.25, -0.2) is 4.39 Å². The van der Waals surface area contributed by atoms with E-state index in [1.54, 1.807) is 56.7 Å². The largest absolute Gasteiger partial charge is 0.493 e. The Labute approximate surface area is 157 Å². The maximum atomic E-state index is 13.4. The number of rotatable bonds is 6. The first kappa shape index (κ1) is 18.4. The summed E-state index contributed by atoms with van der Waals surface area (Å²) in [4.78, 5) is 12.5. The molecule has 0 saturated carbocycles. The van der Waals surface area contributed by atoms with Gasteiger partial charge in [-0.05, 0) is 53.1 Å². The Hall–Kier alpha value is -3.40. The molecular weight excluding hydrogens is 343 g/mol. The lowest BCUT2D eigenvalue weighted by atomic mass is 10.0. The highest BCUT2D eigenvalue weighted by atomic mass is 19.1. The molecule has 136 valence electrons. The Balaban J connectivity index is 1.82. The topological polar surface area (TPSA) is 35.5 Å². The van der Waals surface area contributed by atoms with Gasteiger partial charge < -0.3 is 9.47 Å². The second-order valence-corrected chi connectivity index (χ2v) is 5.90. The molecule has 0 fully saturated rings. The van der Waals surface area contributed by atoms with Crippen molar-refractivity contribution in [2.75, 3.05) is 14.2 Å². The van der Waals surface area contributed by atoms with Crippen molar-refractivity contribution < 1.29 is 18.7 Å². The van der Waals surface area contributed by atoms with E-state index in [0.717, 1.165) is 16.7 Å². The average molecular weight is 362 g/mol. The Morgan fingerprint density at radius 3 is 2.26 bits per heavy atom. The number of carbonyl (C=O) groups excluding carboxylic acids is 1. The normalized spacial score (nSPS) is 10.8. The molecule has 0 atom stereocenters. The van der Waals surface area contributed by atoms with E-state index in [0.29, 0.717) is 17.1 Å². The summed E-state index contributed by atoms with van der Waals surface area (Å²) in [5.41, 5.74) is 2.88. The van der Waals surface area contributed by atoms with Gasteiger partial charge in [-0.2, -0.15) is 0 Å². The van der Waals surface area contributed by atoms with Gasteiger partial charge in [0, 0.05) is 5.56 Å². The van der Waals surface area contributed by atoms with Crippen molar-refractivity contribution in [1.29, 1.82) is 0 Å². The van der Waals surface area contributed by atoms with Crippen LogP contribution in [0.1, 0.15) is 15.9 Å². The Morgan fingerprint density at radius 1 is 0.852 bits per heavy atom. The van der Waals surface area contributed by atoms with Crippen LogP contribution in [0.3, 0.4) is 0 Å². The number of methoxy groups -OCH3 is 2. The molecule has 3 nitrogen and oxygen atoms in total. The van der Waals surface area contributed by atoms with Crippen LogP contribution in [-0.2, 0) is 0 Å². The summed E-state index contributed by atoms with van der Waals surface area (Å²) in [5.74, 6) is 0.782. The van der Waals surface area contributed by atoms with Gasteiger partial charge in [0.15, 0.2) is 17.3 Å². The SMILES string of the molecule is COc1ccc(/C=C/C(=O)c2cccc(-c3cccc(F)c3)c2)cc1OC. The average Bonchev–Trinajstić information content (AvgIpc) is 2.71. The minimum atomic E-state index is -0.308. The summed E-state index contributed by atoms with van der Waals surface area (Å²) in [6.07, 6.45) is 3.23. The second-order valence-electron chi connectivity index (χ2n) is 5.90.